The second kappa shape index (κ2) is 4.71. The smallest absolute Gasteiger partial charge is 0.444 e. The number of amides is 1. The largest absolute Gasteiger partial charge is 0.527 e. The van der Waals surface area contributed by atoms with Gasteiger partial charge in [-0.15, -0.1) is 0 Å². The molecule has 0 spiro atoms. The van der Waals surface area contributed by atoms with Gasteiger partial charge in [0.1, 0.15) is 5.60 Å². The van der Waals surface area contributed by atoms with Crippen molar-refractivity contribution >= 4 is 18.7 Å². The van der Waals surface area contributed by atoms with E-state index in [4.69, 9.17) is 4.74 Å². The molecular formula is C11H16BF3N3O2-. The number of nitrogens with zero attached hydrogens (tertiary/aromatic N) is 3. The van der Waals surface area contributed by atoms with Crippen molar-refractivity contribution in [3.05, 3.63) is 12.3 Å². The Morgan fingerprint density at radius 2 is 2.00 bits per heavy atom. The van der Waals surface area contributed by atoms with E-state index in [0.29, 0.717) is 0 Å². The second-order valence-electron chi connectivity index (χ2n) is 5.81. The quantitative estimate of drug-likeness (QED) is 0.779. The van der Waals surface area contributed by atoms with Crippen LogP contribution < -0.4 is 5.59 Å². The maximum Gasteiger partial charge on any atom is 0.527 e. The Kier molecular flexibility index (Phi) is 3.47. The van der Waals surface area contributed by atoms with Crippen LogP contribution in [0.25, 0.3) is 0 Å². The molecule has 9 heteroatoms. The highest BCUT2D eigenvalue weighted by atomic mass is 19.4. The lowest BCUT2D eigenvalue weighted by Gasteiger charge is -2.41. The molecule has 1 aromatic heterocycles. The maximum absolute atomic E-state index is 12.8. The zero-order valence-corrected chi connectivity index (χ0v) is 11.5. The van der Waals surface area contributed by atoms with Crippen LogP contribution in [0.15, 0.2) is 12.3 Å². The normalized spacial score (nSPS) is 17.0. The minimum Gasteiger partial charge on any atom is -0.444 e. The first-order chi connectivity index (χ1) is 9.08. The lowest BCUT2D eigenvalue weighted by Crippen LogP contribution is -2.55. The number of aromatic nitrogens is 2. The number of ether oxygens (including phenoxy) is 1. The monoisotopic (exact) mass is 290 g/mol. The van der Waals surface area contributed by atoms with Gasteiger partial charge in [-0.05, 0) is 26.4 Å². The van der Waals surface area contributed by atoms with Crippen LogP contribution in [0.4, 0.5) is 17.7 Å². The Balaban J connectivity index is 1.98. The van der Waals surface area contributed by atoms with Gasteiger partial charge in [-0.25, -0.2) is 4.79 Å². The van der Waals surface area contributed by atoms with Gasteiger partial charge in [-0.2, -0.15) is 5.10 Å². The third-order valence-corrected chi connectivity index (χ3v) is 2.90. The zero-order valence-electron chi connectivity index (χ0n) is 11.5. The fourth-order valence-electron chi connectivity index (χ4n) is 1.97. The van der Waals surface area contributed by atoms with Crippen molar-refractivity contribution in [3.8, 4) is 0 Å². The van der Waals surface area contributed by atoms with Crippen LogP contribution in [0.2, 0.25) is 0 Å². The zero-order chi connectivity index (χ0) is 15.1. The molecule has 0 radical (unpaired) electrons. The fourth-order valence-corrected chi connectivity index (χ4v) is 1.97. The molecule has 1 amide bonds. The molecule has 20 heavy (non-hydrogen) atoms. The first kappa shape index (κ1) is 14.7. The van der Waals surface area contributed by atoms with Crippen molar-refractivity contribution in [2.45, 2.75) is 32.4 Å². The number of hydrogen-bond donors (Lipinski definition) is 0. The van der Waals surface area contributed by atoms with Gasteiger partial charge in [0.25, 0.3) is 0 Å². The molecule has 2 rings (SSSR count). The average Bonchev–Trinajstić information content (AvgIpc) is 2.59. The predicted molar refractivity (Wildman–Crippen MR) is 67.8 cm³/mol. The number of carbonyl (C=O) groups is 1. The molecule has 112 valence electrons. The Morgan fingerprint density at radius 3 is 2.50 bits per heavy atom. The van der Waals surface area contributed by atoms with Crippen LogP contribution in [0.5, 0.6) is 0 Å². The number of likely N-dealkylation sites (tertiary alicyclic amines) is 1. The summed E-state index contributed by atoms with van der Waals surface area (Å²) < 4.78 is 44.4. The minimum atomic E-state index is -5.09. The van der Waals surface area contributed by atoms with Crippen molar-refractivity contribution in [3.63, 3.8) is 0 Å². The molecule has 1 aliphatic heterocycles. The standard InChI is InChI=1S/C11H16BF3N3O2/c1-11(2,3)20-10(19)17-6-8(7-17)18-9(4-5-16-18)12(13,14)15/h4-5,8H,6-7H2,1-3H3/q-1. The molecule has 0 unspecified atom stereocenters. The van der Waals surface area contributed by atoms with Crippen LogP contribution in [-0.2, 0) is 4.74 Å². The van der Waals surface area contributed by atoms with E-state index in [-0.39, 0.29) is 13.1 Å². The van der Waals surface area contributed by atoms with Gasteiger partial charge in [-0.1, -0.05) is 6.07 Å². The lowest BCUT2D eigenvalue weighted by molar-refractivity contribution is -0.0000719. The predicted octanol–water partition coefficient (Wildman–Crippen LogP) is 1.73. The third kappa shape index (κ3) is 3.08. The van der Waals surface area contributed by atoms with E-state index in [0.717, 1.165) is 16.9 Å². The maximum atomic E-state index is 12.8. The van der Waals surface area contributed by atoms with E-state index >= 15 is 0 Å². The minimum absolute atomic E-state index is 0.176. The Morgan fingerprint density at radius 1 is 1.40 bits per heavy atom. The van der Waals surface area contributed by atoms with E-state index in [1.165, 1.54) is 4.90 Å². The summed E-state index contributed by atoms with van der Waals surface area (Å²) in [6.45, 7) is 0.466. The van der Waals surface area contributed by atoms with E-state index in [2.05, 4.69) is 5.10 Å². The molecule has 2 heterocycles. The van der Waals surface area contributed by atoms with Crippen LogP contribution in [-0.4, -0.2) is 46.4 Å². The SMILES string of the molecule is CC(C)(C)OC(=O)N1CC(n2nccc2[B-](F)(F)F)C1. The summed E-state index contributed by atoms with van der Waals surface area (Å²) in [5.74, 6) is 0. The van der Waals surface area contributed by atoms with Crippen LogP contribution in [0.1, 0.15) is 26.8 Å². The summed E-state index contributed by atoms with van der Waals surface area (Å²) >= 11 is 0. The third-order valence-electron chi connectivity index (χ3n) is 2.90. The van der Waals surface area contributed by atoms with Crippen LogP contribution in [0, 0.1) is 0 Å². The molecule has 0 saturated carbocycles. The Hall–Kier alpha value is -1.67. The van der Waals surface area contributed by atoms with Crippen molar-refractivity contribution in [1.29, 1.82) is 0 Å². The van der Waals surface area contributed by atoms with Gasteiger partial charge < -0.3 is 22.6 Å². The molecule has 0 aliphatic carbocycles. The lowest BCUT2D eigenvalue weighted by atomic mass is 9.85. The van der Waals surface area contributed by atoms with Gasteiger partial charge in [0.15, 0.2) is 0 Å². The molecule has 0 bridgehead atoms. The van der Waals surface area contributed by atoms with E-state index in [9.17, 15) is 17.7 Å². The van der Waals surface area contributed by atoms with Crippen molar-refractivity contribution in [1.82, 2.24) is 14.7 Å². The number of halogens is 3. The van der Waals surface area contributed by atoms with E-state index in [1.807, 2.05) is 0 Å². The Labute approximate surface area is 114 Å². The van der Waals surface area contributed by atoms with Crippen molar-refractivity contribution in [2.75, 3.05) is 13.1 Å². The number of rotatable bonds is 2. The summed E-state index contributed by atoms with van der Waals surface area (Å²) in [4.78, 5) is 13.1. The molecule has 1 fully saturated rings. The second-order valence-corrected chi connectivity index (χ2v) is 5.81. The highest BCUT2D eigenvalue weighted by molar-refractivity contribution is 6.72. The van der Waals surface area contributed by atoms with E-state index in [1.54, 1.807) is 20.8 Å². The van der Waals surface area contributed by atoms with Gasteiger partial charge in [0.2, 0.25) is 0 Å². The van der Waals surface area contributed by atoms with Crippen LogP contribution in [0.3, 0.4) is 0 Å². The first-order valence-electron chi connectivity index (χ1n) is 6.29. The number of hydrogen-bond acceptors (Lipinski definition) is 3. The molecule has 0 aromatic carbocycles. The summed E-state index contributed by atoms with van der Waals surface area (Å²) in [6.07, 6.45) is 0.612. The first-order valence-corrected chi connectivity index (χ1v) is 6.29. The topological polar surface area (TPSA) is 47.4 Å². The van der Waals surface area contributed by atoms with Crippen molar-refractivity contribution in [2.24, 2.45) is 0 Å². The summed E-state index contributed by atoms with van der Waals surface area (Å²) in [7, 11) is 0. The molecule has 0 N–H and O–H groups in total. The number of carbonyl (C=O) groups excluding carboxylic acids is 1. The fraction of sp³-hybridized carbons (Fsp3) is 0.636. The molecule has 1 aliphatic rings. The average molecular weight is 290 g/mol. The van der Waals surface area contributed by atoms with E-state index < -0.39 is 30.3 Å². The molecule has 0 atom stereocenters. The van der Waals surface area contributed by atoms with Gasteiger partial charge in [-0.3, -0.25) is 4.68 Å². The highest BCUT2D eigenvalue weighted by Gasteiger charge is 2.39. The van der Waals surface area contributed by atoms with Gasteiger partial charge in [0, 0.05) is 19.3 Å². The molecular weight excluding hydrogens is 274 g/mol. The molecule has 5 nitrogen and oxygen atoms in total. The molecule has 1 aromatic rings. The summed E-state index contributed by atoms with van der Waals surface area (Å²) in [5, 5.41) is 3.71. The highest BCUT2D eigenvalue weighted by Crippen LogP contribution is 2.23. The Bertz CT molecular complexity index is 504. The summed E-state index contributed by atoms with van der Waals surface area (Å²) in [6, 6.07) is 0.506. The molecule has 1 saturated heterocycles. The van der Waals surface area contributed by atoms with Crippen molar-refractivity contribution < 1.29 is 22.5 Å². The summed E-state index contributed by atoms with van der Waals surface area (Å²) in [5.41, 5.74) is -1.35. The van der Waals surface area contributed by atoms with Gasteiger partial charge >= 0.3 is 13.1 Å². The van der Waals surface area contributed by atoms with Crippen LogP contribution >= 0.6 is 0 Å². The van der Waals surface area contributed by atoms with Gasteiger partial charge in [0.05, 0.1) is 6.04 Å².